The number of pyridine rings is 1. The Morgan fingerprint density at radius 2 is 1.80 bits per heavy atom. The van der Waals surface area contributed by atoms with Gasteiger partial charge in [-0.25, -0.2) is 9.59 Å². The van der Waals surface area contributed by atoms with Gasteiger partial charge in [-0.1, -0.05) is 6.07 Å². The van der Waals surface area contributed by atoms with E-state index in [0.717, 1.165) is 31.6 Å². The number of aliphatic hydroxyl groups excluding tert-OH is 1. The molecule has 0 aromatic carbocycles. The number of hydrogen-bond donors (Lipinski definition) is 4. The summed E-state index contributed by atoms with van der Waals surface area (Å²) >= 11 is 0. The van der Waals surface area contributed by atoms with Crippen LogP contribution in [-0.2, 0) is 9.59 Å². The Morgan fingerprint density at radius 3 is 2.25 bits per heavy atom. The molecule has 0 bridgehead atoms. The predicted molar refractivity (Wildman–Crippen MR) is 70.1 cm³/mol. The molecule has 4 N–H and O–H groups in total. The van der Waals surface area contributed by atoms with E-state index in [1.54, 1.807) is 6.20 Å². The number of nitrogens with zero attached hydrogens (tertiary/aromatic N) is 1. The van der Waals surface area contributed by atoms with Gasteiger partial charge in [0.1, 0.15) is 0 Å². The Morgan fingerprint density at radius 1 is 1.20 bits per heavy atom. The minimum Gasteiger partial charge on any atom is -0.473 e. The number of hydrogen-bond acceptors (Lipinski definition) is 5. The van der Waals surface area contributed by atoms with Crippen molar-refractivity contribution in [3.63, 3.8) is 0 Å². The fourth-order valence-electron chi connectivity index (χ4n) is 1.95. The van der Waals surface area contributed by atoms with E-state index in [2.05, 4.69) is 10.3 Å². The van der Waals surface area contributed by atoms with Crippen LogP contribution in [-0.4, -0.2) is 45.3 Å². The highest BCUT2D eigenvalue weighted by Crippen LogP contribution is 2.26. The lowest BCUT2D eigenvalue weighted by Gasteiger charge is -2.26. The molecule has 7 nitrogen and oxygen atoms in total. The molecule has 0 amide bonds. The van der Waals surface area contributed by atoms with Crippen LogP contribution in [0.4, 0.5) is 0 Å². The molecule has 0 spiro atoms. The molecule has 1 unspecified atom stereocenters. The van der Waals surface area contributed by atoms with Crippen molar-refractivity contribution >= 4 is 11.9 Å². The molecule has 2 rings (SSSR count). The summed E-state index contributed by atoms with van der Waals surface area (Å²) in [4.78, 5) is 22.4. The summed E-state index contributed by atoms with van der Waals surface area (Å²) in [7, 11) is 0. The monoisotopic (exact) mass is 282 g/mol. The van der Waals surface area contributed by atoms with Gasteiger partial charge in [-0.2, -0.15) is 0 Å². The number of piperidine rings is 1. The van der Waals surface area contributed by atoms with Crippen LogP contribution in [0.1, 0.15) is 24.6 Å². The van der Waals surface area contributed by atoms with Gasteiger partial charge in [-0.05, 0) is 44.0 Å². The van der Waals surface area contributed by atoms with Crippen LogP contribution < -0.4 is 5.32 Å². The zero-order valence-electron chi connectivity index (χ0n) is 10.9. The fourth-order valence-corrected chi connectivity index (χ4v) is 1.95. The van der Waals surface area contributed by atoms with Crippen molar-refractivity contribution in [2.24, 2.45) is 5.92 Å². The average Bonchev–Trinajstić information content (AvgIpc) is 2.49. The Labute approximate surface area is 116 Å². The molecule has 0 aliphatic carbocycles. The first kappa shape index (κ1) is 16.1. The van der Waals surface area contributed by atoms with Gasteiger partial charge in [-0.15, -0.1) is 0 Å². The van der Waals surface area contributed by atoms with Gasteiger partial charge >= 0.3 is 11.9 Å². The van der Waals surface area contributed by atoms with Crippen LogP contribution in [0.25, 0.3) is 0 Å². The second kappa shape index (κ2) is 8.23. The van der Waals surface area contributed by atoms with Gasteiger partial charge < -0.3 is 20.6 Å². The van der Waals surface area contributed by atoms with Gasteiger partial charge in [0.25, 0.3) is 0 Å². The number of rotatable bonds is 2. The lowest BCUT2D eigenvalue weighted by Crippen LogP contribution is -2.31. The highest BCUT2D eigenvalue weighted by Gasteiger charge is 2.23. The Hall–Kier alpha value is -1.99. The molecule has 110 valence electrons. The molecule has 0 radical (unpaired) electrons. The van der Waals surface area contributed by atoms with Crippen molar-refractivity contribution in [1.82, 2.24) is 10.3 Å². The first-order valence-corrected chi connectivity index (χ1v) is 6.28. The van der Waals surface area contributed by atoms with E-state index in [9.17, 15) is 5.11 Å². The number of aromatic nitrogens is 1. The van der Waals surface area contributed by atoms with E-state index in [4.69, 9.17) is 19.8 Å². The van der Waals surface area contributed by atoms with Crippen molar-refractivity contribution in [2.45, 2.75) is 18.9 Å². The van der Waals surface area contributed by atoms with Crippen LogP contribution in [0, 0.1) is 5.92 Å². The highest BCUT2D eigenvalue weighted by molar-refractivity contribution is 6.27. The summed E-state index contributed by atoms with van der Waals surface area (Å²) in [5.41, 5.74) is 0.805. The van der Waals surface area contributed by atoms with Gasteiger partial charge in [0.15, 0.2) is 0 Å². The largest absolute Gasteiger partial charge is 0.473 e. The third kappa shape index (κ3) is 5.33. The van der Waals surface area contributed by atoms with Gasteiger partial charge in [0, 0.05) is 6.20 Å². The predicted octanol–water partition coefficient (Wildman–Crippen LogP) is 0.270. The second-order valence-electron chi connectivity index (χ2n) is 4.40. The molecule has 7 heteroatoms. The van der Waals surface area contributed by atoms with Crippen molar-refractivity contribution in [3.8, 4) is 0 Å². The summed E-state index contributed by atoms with van der Waals surface area (Å²) < 4.78 is 0. The number of carboxylic acids is 2. The zero-order chi connectivity index (χ0) is 15.0. The number of aliphatic carboxylic acids is 2. The van der Waals surface area contributed by atoms with Crippen molar-refractivity contribution in [1.29, 1.82) is 0 Å². The number of aliphatic hydroxyl groups is 1. The SMILES string of the molecule is O=C(O)C(=O)O.OC(c1ccccn1)C1CCNCC1. The minimum atomic E-state index is -1.82. The Bertz CT molecular complexity index is 420. The van der Waals surface area contributed by atoms with Crippen LogP contribution in [0.5, 0.6) is 0 Å². The lowest BCUT2D eigenvalue weighted by atomic mass is 9.90. The quantitative estimate of drug-likeness (QED) is 0.575. The molecule has 0 saturated carbocycles. The lowest BCUT2D eigenvalue weighted by molar-refractivity contribution is -0.159. The number of nitrogens with one attached hydrogen (secondary N) is 1. The molecule has 2 heterocycles. The summed E-state index contributed by atoms with van der Waals surface area (Å²) in [5, 5.41) is 28.1. The molecule has 1 aromatic rings. The molecule has 1 atom stereocenters. The standard InChI is InChI=1S/C11H16N2O.C2H2O4/c14-11(9-4-7-12-8-5-9)10-3-1-2-6-13-10;3-1(4)2(5)6/h1-3,6,9,11-12,14H,4-5,7-8H2;(H,3,4)(H,5,6). The van der Waals surface area contributed by atoms with E-state index in [1.807, 2.05) is 18.2 Å². The Balaban J connectivity index is 0.000000286. The van der Waals surface area contributed by atoms with Crippen molar-refractivity contribution in [3.05, 3.63) is 30.1 Å². The van der Waals surface area contributed by atoms with E-state index >= 15 is 0 Å². The van der Waals surface area contributed by atoms with Crippen LogP contribution >= 0.6 is 0 Å². The highest BCUT2D eigenvalue weighted by atomic mass is 16.4. The fraction of sp³-hybridized carbons (Fsp3) is 0.462. The maximum atomic E-state index is 10.1. The number of carboxylic acid groups (broad SMARTS) is 2. The summed E-state index contributed by atoms with van der Waals surface area (Å²) in [6.45, 7) is 2.02. The van der Waals surface area contributed by atoms with Crippen molar-refractivity contribution < 1.29 is 24.9 Å². The third-order valence-corrected chi connectivity index (χ3v) is 3.00. The average molecular weight is 282 g/mol. The number of carbonyl (C=O) groups is 2. The normalized spacial score (nSPS) is 16.6. The molecule has 1 aromatic heterocycles. The maximum absolute atomic E-state index is 10.1. The summed E-state index contributed by atoms with van der Waals surface area (Å²) in [6.07, 6.45) is 3.42. The van der Waals surface area contributed by atoms with E-state index in [1.165, 1.54) is 0 Å². The molecular weight excluding hydrogens is 264 g/mol. The van der Waals surface area contributed by atoms with Gasteiger partial charge in [0.2, 0.25) is 0 Å². The van der Waals surface area contributed by atoms with Gasteiger partial charge in [-0.3, -0.25) is 4.98 Å². The topological polar surface area (TPSA) is 120 Å². The summed E-state index contributed by atoms with van der Waals surface area (Å²) in [5.74, 6) is -3.28. The first-order chi connectivity index (χ1) is 9.52. The van der Waals surface area contributed by atoms with Crippen LogP contribution in [0.2, 0.25) is 0 Å². The van der Waals surface area contributed by atoms with Crippen LogP contribution in [0.15, 0.2) is 24.4 Å². The Kier molecular flexibility index (Phi) is 6.61. The maximum Gasteiger partial charge on any atom is 0.414 e. The van der Waals surface area contributed by atoms with Crippen LogP contribution in [0.3, 0.4) is 0 Å². The molecule has 1 fully saturated rings. The summed E-state index contributed by atoms with van der Waals surface area (Å²) in [6, 6.07) is 5.69. The zero-order valence-corrected chi connectivity index (χ0v) is 10.9. The first-order valence-electron chi connectivity index (χ1n) is 6.28. The molecule has 1 aliphatic rings. The van der Waals surface area contributed by atoms with Gasteiger partial charge in [0.05, 0.1) is 11.8 Å². The smallest absolute Gasteiger partial charge is 0.414 e. The van der Waals surface area contributed by atoms with E-state index in [-0.39, 0.29) is 0 Å². The third-order valence-electron chi connectivity index (χ3n) is 3.00. The van der Waals surface area contributed by atoms with E-state index in [0.29, 0.717) is 5.92 Å². The molecular formula is C13H18N2O5. The van der Waals surface area contributed by atoms with E-state index < -0.39 is 18.0 Å². The molecule has 20 heavy (non-hydrogen) atoms. The van der Waals surface area contributed by atoms with Crippen molar-refractivity contribution in [2.75, 3.05) is 13.1 Å². The second-order valence-corrected chi connectivity index (χ2v) is 4.40. The molecule has 1 saturated heterocycles. The molecule has 1 aliphatic heterocycles. The minimum absolute atomic E-state index is 0.367.